The van der Waals surface area contributed by atoms with Gasteiger partial charge in [0.25, 0.3) is 0 Å². The highest BCUT2D eigenvalue weighted by Crippen LogP contribution is 2.36. The number of rotatable bonds is 3. The second kappa shape index (κ2) is 6.26. The second-order valence-corrected chi connectivity index (χ2v) is 6.52. The van der Waals surface area contributed by atoms with Gasteiger partial charge in [-0.1, -0.05) is 13.8 Å². The Balaban J connectivity index is 1.79. The average Bonchev–Trinajstić information content (AvgIpc) is 2.55. The van der Waals surface area contributed by atoms with E-state index in [1.54, 1.807) is 0 Å². The molecule has 0 radical (unpaired) electrons. The van der Waals surface area contributed by atoms with E-state index in [4.69, 9.17) is 4.98 Å². The van der Waals surface area contributed by atoms with E-state index in [1.807, 2.05) is 0 Å². The molecule has 21 heavy (non-hydrogen) atoms. The Hall–Kier alpha value is -1.23. The van der Waals surface area contributed by atoms with Gasteiger partial charge in [-0.05, 0) is 45.1 Å². The minimum atomic E-state index is 0.426. The maximum Gasteiger partial charge on any atom is 0.245 e. The van der Waals surface area contributed by atoms with Crippen LogP contribution >= 0.6 is 0 Å². The molecule has 3 rings (SSSR count). The third-order valence-corrected chi connectivity index (χ3v) is 5.00. The molecule has 0 bridgehead atoms. The van der Waals surface area contributed by atoms with Crippen LogP contribution in [0.4, 0.5) is 5.95 Å². The van der Waals surface area contributed by atoms with Gasteiger partial charge in [-0.3, -0.25) is 0 Å². The molecule has 1 aromatic rings. The predicted molar refractivity (Wildman–Crippen MR) is 84.6 cm³/mol. The summed E-state index contributed by atoms with van der Waals surface area (Å²) >= 11 is 0. The van der Waals surface area contributed by atoms with Gasteiger partial charge >= 0.3 is 0 Å². The Labute approximate surface area is 127 Å². The van der Waals surface area contributed by atoms with E-state index in [9.17, 15) is 0 Å². The van der Waals surface area contributed by atoms with Crippen molar-refractivity contribution < 1.29 is 0 Å². The lowest BCUT2D eigenvalue weighted by Crippen LogP contribution is -2.51. The van der Waals surface area contributed by atoms with Crippen LogP contribution < -0.4 is 10.2 Å². The summed E-state index contributed by atoms with van der Waals surface area (Å²) in [7, 11) is 0. The summed E-state index contributed by atoms with van der Waals surface area (Å²) in [6.45, 7) is 8.73. The van der Waals surface area contributed by atoms with Crippen LogP contribution in [-0.2, 0) is 12.8 Å². The predicted octanol–water partition coefficient (Wildman–Crippen LogP) is 1.97. The SMILES string of the molecule is CCc1nnc(N2CCCC3(CCCNC3)C2)nc1CC. The fourth-order valence-electron chi connectivity index (χ4n) is 3.82. The lowest BCUT2D eigenvalue weighted by Gasteiger charge is -2.45. The van der Waals surface area contributed by atoms with Crippen molar-refractivity contribution in [3.05, 3.63) is 11.4 Å². The van der Waals surface area contributed by atoms with Crippen LogP contribution in [0.3, 0.4) is 0 Å². The minimum absolute atomic E-state index is 0.426. The van der Waals surface area contributed by atoms with Crippen molar-refractivity contribution in [2.45, 2.75) is 52.4 Å². The molecule has 5 heteroatoms. The van der Waals surface area contributed by atoms with Gasteiger partial charge in [-0.25, -0.2) is 4.98 Å². The Bertz CT molecular complexity index is 476. The Morgan fingerprint density at radius 3 is 2.62 bits per heavy atom. The summed E-state index contributed by atoms with van der Waals surface area (Å²) in [5, 5.41) is 12.4. The fraction of sp³-hybridized carbons (Fsp3) is 0.812. The molecule has 1 spiro atoms. The summed E-state index contributed by atoms with van der Waals surface area (Å²) in [6.07, 6.45) is 7.04. The van der Waals surface area contributed by atoms with E-state index in [2.05, 4.69) is 34.3 Å². The Kier molecular flexibility index (Phi) is 4.38. The summed E-state index contributed by atoms with van der Waals surface area (Å²) in [5.41, 5.74) is 2.59. The number of piperidine rings is 2. The number of aromatic nitrogens is 3. The van der Waals surface area contributed by atoms with Crippen LogP contribution in [0.1, 0.15) is 50.9 Å². The smallest absolute Gasteiger partial charge is 0.245 e. The van der Waals surface area contributed by atoms with Gasteiger partial charge in [-0.2, -0.15) is 5.10 Å². The molecule has 1 N–H and O–H groups in total. The molecule has 0 aliphatic carbocycles. The van der Waals surface area contributed by atoms with Gasteiger partial charge in [0.15, 0.2) is 0 Å². The number of nitrogens with zero attached hydrogens (tertiary/aromatic N) is 4. The van der Waals surface area contributed by atoms with E-state index >= 15 is 0 Å². The molecule has 3 heterocycles. The zero-order valence-corrected chi connectivity index (χ0v) is 13.4. The Morgan fingerprint density at radius 1 is 1.10 bits per heavy atom. The largest absolute Gasteiger partial charge is 0.339 e. The van der Waals surface area contributed by atoms with Gasteiger partial charge in [0, 0.05) is 25.0 Å². The van der Waals surface area contributed by atoms with E-state index in [-0.39, 0.29) is 0 Å². The first kappa shape index (κ1) is 14.7. The van der Waals surface area contributed by atoms with Crippen molar-refractivity contribution in [1.29, 1.82) is 0 Å². The maximum atomic E-state index is 4.80. The zero-order valence-electron chi connectivity index (χ0n) is 13.4. The lowest BCUT2D eigenvalue weighted by molar-refractivity contribution is 0.172. The van der Waals surface area contributed by atoms with Crippen molar-refractivity contribution in [3.63, 3.8) is 0 Å². The minimum Gasteiger partial charge on any atom is -0.339 e. The van der Waals surface area contributed by atoms with E-state index in [0.717, 1.165) is 49.8 Å². The molecule has 0 saturated carbocycles. The lowest BCUT2D eigenvalue weighted by atomic mass is 9.74. The van der Waals surface area contributed by atoms with E-state index in [0.29, 0.717) is 5.41 Å². The first-order valence-corrected chi connectivity index (χ1v) is 8.44. The first-order valence-electron chi connectivity index (χ1n) is 8.44. The molecule has 2 aliphatic heterocycles. The van der Waals surface area contributed by atoms with E-state index < -0.39 is 0 Å². The molecule has 5 nitrogen and oxygen atoms in total. The molecule has 116 valence electrons. The molecule has 0 amide bonds. The van der Waals surface area contributed by atoms with Crippen molar-refractivity contribution in [1.82, 2.24) is 20.5 Å². The Morgan fingerprint density at radius 2 is 1.90 bits per heavy atom. The van der Waals surface area contributed by atoms with Gasteiger partial charge in [0.05, 0.1) is 11.4 Å². The summed E-state index contributed by atoms with van der Waals surface area (Å²) in [5.74, 6) is 0.841. The molecule has 1 unspecified atom stereocenters. The van der Waals surface area contributed by atoms with Crippen LogP contribution in [0.2, 0.25) is 0 Å². The van der Waals surface area contributed by atoms with Crippen molar-refractivity contribution in [2.24, 2.45) is 5.41 Å². The third-order valence-electron chi connectivity index (χ3n) is 5.00. The van der Waals surface area contributed by atoms with Crippen LogP contribution in [0.25, 0.3) is 0 Å². The summed E-state index contributed by atoms with van der Waals surface area (Å²) < 4.78 is 0. The molecule has 2 aliphatic rings. The fourth-order valence-corrected chi connectivity index (χ4v) is 3.82. The monoisotopic (exact) mass is 289 g/mol. The van der Waals surface area contributed by atoms with Crippen molar-refractivity contribution in [2.75, 3.05) is 31.1 Å². The molecule has 1 atom stereocenters. The molecule has 2 fully saturated rings. The van der Waals surface area contributed by atoms with Crippen LogP contribution in [-0.4, -0.2) is 41.4 Å². The maximum absolute atomic E-state index is 4.80. The normalized spacial score (nSPS) is 26.3. The van der Waals surface area contributed by atoms with Crippen LogP contribution in [0, 0.1) is 5.41 Å². The number of hydrogen-bond donors (Lipinski definition) is 1. The zero-order chi connectivity index (χ0) is 14.7. The van der Waals surface area contributed by atoms with Gasteiger partial charge in [0.1, 0.15) is 0 Å². The molecule has 0 aromatic carbocycles. The highest BCUT2D eigenvalue weighted by Gasteiger charge is 2.37. The van der Waals surface area contributed by atoms with Crippen molar-refractivity contribution in [3.8, 4) is 0 Å². The summed E-state index contributed by atoms with van der Waals surface area (Å²) in [6, 6.07) is 0. The quantitative estimate of drug-likeness (QED) is 0.922. The first-order chi connectivity index (χ1) is 10.3. The molecule has 1 aromatic heterocycles. The number of anilines is 1. The topological polar surface area (TPSA) is 53.9 Å². The average molecular weight is 289 g/mol. The summed E-state index contributed by atoms with van der Waals surface area (Å²) in [4.78, 5) is 7.16. The molecular weight excluding hydrogens is 262 g/mol. The van der Waals surface area contributed by atoms with Gasteiger partial charge in [-0.15, -0.1) is 5.10 Å². The van der Waals surface area contributed by atoms with Gasteiger partial charge < -0.3 is 10.2 Å². The highest BCUT2D eigenvalue weighted by molar-refractivity contribution is 5.32. The number of aryl methyl sites for hydroxylation is 2. The van der Waals surface area contributed by atoms with Crippen LogP contribution in [0.15, 0.2) is 0 Å². The third kappa shape index (κ3) is 3.03. The highest BCUT2D eigenvalue weighted by atomic mass is 15.3. The standard InChI is InChI=1S/C16H27N5/c1-3-13-14(4-2)19-20-15(18-13)21-10-6-8-16(12-21)7-5-9-17-11-16/h17H,3-12H2,1-2H3. The van der Waals surface area contributed by atoms with Gasteiger partial charge in [0.2, 0.25) is 5.95 Å². The molecule has 2 saturated heterocycles. The van der Waals surface area contributed by atoms with E-state index in [1.165, 1.54) is 32.2 Å². The second-order valence-electron chi connectivity index (χ2n) is 6.52. The number of hydrogen-bond acceptors (Lipinski definition) is 5. The molecular formula is C16H27N5. The van der Waals surface area contributed by atoms with Crippen molar-refractivity contribution >= 4 is 5.95 Å². The van der Waals surface area contributed by atoms with Crippen LogP contribution in [0.5, 0.6) is 0 Å². The number of nitrogens with one attached hydrogen (secondary N) is 1.